The minimum absolute atomic E-state index is 0.0124. The average Bonchev–Trinajstić information content (AvgIpc) is 3.18. The molecule has 0 bridgehead atoms. The number of sulfonamides is 1. The van der Waals surface area contributed by atoms with Gasteiger partial charge in [0.05, 0.1) is 0 Å². The van der Waals surface area contributed by atoms with Gasteiger partial charge >= 0.3 is 0 Å². The van der Waals surface area contributed by atoms with Crippen molar-refractivity contribution in [2.45, 2.75) is 30.2 Å². The first-order chi connectivity index (χ1) is 10.5. The van der Waals surface area contributed by atoms with Crippen molar-refractivity contribution in [3.05, 3.63) is 42.0 Å². The van der Waals surface area contributed by atoms with Crippen LogP contribution in [-0.4, -0.2) is 29.7 Å². The van der Waals surface area contributed by atoms with Crippen LogP contribution in [0.2, 0.25) is 0 Å². The Morgan fingerprint density at radius 3 is 2.59 bits per heavy atom. The largest absolute Gasteiger partial charge is 0.314 e. The number of hydrogen-bond donors (Lipinski definition) is 1. The number of aromatic nitrogens is 3. The van der Waals surface area contributed by atoms with Crippen LogP contribution in [-0.2, 0) is 16.4 Å². The van der Waals surface area contributed by atoms with Crippen molar-refractivity contribution in [2.75, 3.05) is 6.54 Å². The highest BCUT2D eigenvalue weighted by Crippen LogP contribution is 2.35. The van der Waals surface area contributed by atoms with Gasteiger partial charge in [-0.2, -0.15) is 0 Å². The summed E-state index contributed by atoms with van der Waals surface area (Å²) in [6.45, 7) is -0.0124. The zero-order chi connectivity index (χ0) is 15.7. The van der Waals surface area contributed by atoms with Crippen LogP contribution in [0.25, 0.3) is 0 Å². The zero-order valence-electron chi connectivity index (χ0n) is 11.5. The lowest BCUT2D eigenvalue weighted by Gasteiger charge is -2.09. The molecule has 0 saturated heterocycles. The van der Waals surface area contributed by atoms with Crippen molar-refractivity contribution >= 4 is 10.0 Å². The second-order valence-corrected chi connectivity index (χ2v) is 6.79. The second-order valence-electron chi connectivity index (χ2n) is 5.08. The topological polar surface area (TPSA) is 76.9 Å². The van der Waals surface area contributed by atoms with E-state index in [0.717, 1.165) is 31.0 Å². The average molecular weight is 328 g/mol. The highest BCUT2D eigenvalue weighted by Gasteiger charge is 2.27. The molecule has 9 heteroatoms. The number of benzene rings is 1. The van der Waals surface area contributed by atoms with Gasteiger partial charge in [0.25, 0.3) is 0 Å². The monoisotopic (exact) mass is 328 g/mol. The highest BCUT2D eigenvalue weighted by atomic mass is 32.2. The molecule has 0 aliphatic heterocycles. The van der Waals surface area contributed by atoms with Crippen LogP contribution in [0.5, 0.6) is 0 Å². The maximum atomic E-state index is 13.5. The van der Waals surface area contributed by atoms with Crippen LogP contribution in [0.1, 0.15) is 24.7 Å². The van der Waals surface area contributed by atoms with Gasteiger partial charge in [0.2, 0.25) is 10.0 Å². The third-order valence-corrected chi connectivity index (χ3v) is 4.93. The van der Waals surface area contributed by atoms with E-state index >= 15 is 0 Å². The number of nitrogens with zero attached hydrogens (tertiary/aromatic N) is 3. The van der Waals surface area contributed by atoms with Gasteiger partial charge in [-0.25, -0.2) is 21.9 Å². The van der Waals surface area contributed by atoms with Gasteiger partial charge in [-0.05, 0) is 25.0 Å². The van der Waals surface area contributed by atoms with Gasteiger partial charge in [-0.15, -0.1) is 10.2 Å². The van der Waals surface area contributed by atoms with Gasteiger partial charge in [-0.3, -0.25) is 0 Å². The molecule has 1 saturated carbocycles. The van der Waals surface area contributed by atoms with Crippen LogP contribution >= 0.6 is 0 Å². The third kappa shape index (κ3) is 3.00. The van der Waals surface area contributed by atoms with Crippen molar-refractivity contribution in [1.82, 2.24) is 19.5 Å². The molecule has 1 aromatic carbocycles. The van der Waals surface area contributed by atoms with Crippen LogP contribution in [0, 0.1) is 11.6 Å². The van der Waals surface area contributed by atoms with Gasteiger partial charge in [0.15, 0.2) is 4.90 Å². The lowest BCUT2D eigenvalue weighted by Crippen LogP contribution is -2.28. The molecule has 2 aromatic rings. The number of nitrogens with one attached hydrogen (secondary N) is 1. The van der Waals surface area contributed by atoms with E-state index in [1.165, 1.54) is 0 Å². The van der Waals surface area contributed by atoms with Gasteiger partial charge in [0, 0.05) is 19.0 Å². The van der Waals surface area contributed by atoms with Crippen LogP contribution in [0.15, 0.2) is 29.4 Å². The van der Waals surface area contributed by atoms with Crippen molar-refractivity contribution in [3.8, 4) is 0 Å². The first-order valence-corrected chi connectivity index (χ1v) is 8.29. The molecule has 0 radical (unpaired) electrons. The Balaban J connectivity index is 1.69. The fourth-order valence-electron chi connectivity index (χ4n) is 2.21. The number of halogens is 2. The summed E-state index contributed by atoms with van der Waals surface area (Å²) < 4.78 is 55.2. The maximum Gasteiger partial charge on any atom is 0.246 e. The van der Waals surface area contributed by atoms with Crippen molar-refractivity contribution in [1.29, 1.82) is 0 Å². The summed E-state index contributed by atoms with van der Waals surface area (Å²) in [6.07, 6.45) is 4.01. The van der Waals surface area contributed by atoms with Gasteiger partial charge in [0.1, 0.15) is 23.8 Å². The van der Waals surface area contributed by atoms with E-state index in [-0.39, 0.29) is 6.54 Å². The lowest BCUT2D eigenvalue weighted by molar-refractivity contribution is 0.513. The smallest absolute Gasteiger partial charge is 0.246 e. The molecule has 1 fully saturated rings. The molecule has 1 aliphatic rings. The van der Waals surface area contributed by atoms with Crippen molar-refractivity contribution < 1.29 is 17.2 Å². The summed E-state index contributed by atoms with van der Waals surface area (Å²) in [5.41, 5.74) is 0. The summed E-state index contributed by atoms with van der Waals surface area (Å²) in [5, 5.41) is 7.74. The minimum Gasteiger partial charge on any atom is -0.314 e. The first-order valence-electron chi connectivity index (χ1n) is 6.81. The highest BCUT2D eigenvalue weighted by molar-refractivity contribution is 7.89. The lowest BCUT2D eigenvalue weighted by atomic mass is 10.3. The van der Waals surface area contributed by atoms with E-state index in [4.69, 9.17) is 0 Å². The summed E-state index contributed by atoms with van der Waals surface area (Å²) in [7, 11) is -4.25. The van der Waals surface area contributed by atoms with Crippen LogP contribution in [0.4, 0.5) is 8.78 Å². The fourth-order valence-corrected chi connectivity index (χ4v) is 3.38. The molecule has 3 rings (SSSR count). The molecule has 0 atom stereocenters. The van der Waals surface area contributed by atoms with E-state index < -0.39 is 26.6 Å². The normalized spacial score (nSPS) is 15.2. The van der Waals surface area contributed by atoms with Gasteiger partial charge in [-0.1, -0.05) is 6.07 Å². The molecular weight excluding hydrogens is 314 g/mol. The molecule has 6 nitrogen and oxygen atoms in total. The summed E-state index contributed by atoms with van der Waals surface area (Å²) in [6, 6.07) is 3.30. The predicted octanol–water partition coefficient (Wildman–Crippen LogP) is 1.41. The van der Waals surface area contributed by atoms with Crippen LogP contribution < -0.4 is 4.72 Å². The molecular formula is C13H14F2N4O2S. The molecule has 0 unspecified atom stereocenters. The molecule has 0 spiro atoms. The van der Waals surface area contributed by atoms with Crippen molar-refractivity contribution in [3.63, 3.8) is 0 Å². The van der Waals surface area contributed by atoms with E-state index in [1.807, 2.05) is 4.57 Å². The molecule has 0 amide bonds. The minimum atomic E-state index is -4.25. The van der Waals surface area contributed by atoms with Crippen molar-refractivity contribution in [2.24, 2.45) is 0 Å². The SMILES string of the molecule is O=S(=O)(NCCc1nncn1C1CC1)c1c(F)cccc1F. The Bertz CT molecular complexity index is 767. The zero-order valence-corrected chi connectivity index (χ0v) is 12.4. The summed E-state index contributed by atoms with van der Waals surface area (Å²) >= 11 is 0. The van der Waals surface area contributed by atoms with E-state index in [0.29, 0.717) is 18.3 Å². The van der Waals surface area contributed by atoms with E-state index in [2.05, 4.69) is 14.9 Å². The Labute approximate surface area is 126 Å². The molecule has 118 valence electrons. The third-order valence-electron chi connectivity index (χ3n) is 3.42. The molecule has 1 heterocycles. The quantitative estimate of drug-likeness (QED) is 0.870. The van der Waals surface area contributed by atoms with E-state index in [1.54, 1.807) is 6.33 Å². The Morgan fingerprint density at radius 2 is 1.95 bits per heavy atom. The Hall–Kier alpha value is -1.87. The summed E-state index contributed by atoms with van der Waals surface area (Å²) in [4.78, 5) is -0.960. The van der Waals surface area contributed by atoms with Crippen LogP contribution in [0.3, 0.4) is 0 Å². The number of rotatable bonds is 6. The fraction of sp³-hybridized carbons (Fsp3) is 0.385. The van der Waals surface area contributed by atoms with Gasteiger partial charge < -0.3 is 4.57 Å². The summed E-state index contributed by atoms with van der Waals surface area (Å²) in [5.74, 6) is -1.58. The Morgan fingerprint density at radius 1 is 1.27 bits per heavy atom. The molecule has 1 N–H and O–H groups in total. The second kappa shape index (κ2) is 5.73. The molecule has 22 heavy (non-hydrogen) atoms. The predicted molar refractivity (Wildman–Crippen MR) is 73.5 cm³/mol. The van der Waals surface area contributed by atoms with E-state index in [9.17, 15) is 17.2 Å². The maximum absolute atomic E-state index is 13.5. The Kier molecular flexibility index (Phi) is 3.92. The molecule has 1 aromatic heterocycles. The molecule has 1 aliphatic carbocycles. The first kappa shape index (κ1) is 15.0. The number of hydrogen-bond acceptors (Lipinski definition) is 4. The standard InChI is InChI=1S/C13H14F2N4O2S/c14-10-2-1-3-11(15)13(10)22(20,21)17-7-6-12-18-16-8-19(12)9-4-5-9/h1-3,8-9,17H,4-7H2.